The second kappa shape index (κ2) is 9.10. The number of aryl methyl sites for hydroxylation is 1. The summed E-state index contributed by atoms with van der Waals surface area (Å²) in [6.45, 7) is 2.48. The van der Waals surface area contributed by atoms with Gasteiger partial charge in [-0.3, -0.25) is 9.59 Å². The first-order valence-corrected chi connectivity index (χ1v) is 10.7. The first-order chi connectivity index (χ1) is 15.0. The Bertz CT molecular complexity index is 1170. The molecule has 0 aliphatic carbocycles. The van der Waals surface area contributed by atoms with Crippen LogP contribution in [0, 0.1) is 6.92 Å². The van der Waals surface area contributed by atoms with Crippen molar-refractivity contribution >= 4 is 35.3 Å². The minimum absolute atomic E-state index is 0.180. The molecule has 0 saturated carbocycles. The summed E-state index contributed by atoms with van der Waals surface area (Å²) in [5, 5.41) is 5.82. The molecule has 0 fully saturated rings. The smallest absolute Gasteiger partial charge is 0.262 e. The van der Waals surface area contributed by atoms with Gasteiger partial charge in [-0.25, -0.2) is 0 Å². The molecule has 0 saturated heterocycles. The minimum atomic E-state index is -0.197. The summed E-state index contributed by atoms with van der Waals surface area (Å²) >= 11 is 1.38. The molecule has 3 aromatic carbocycles. The Hall–Kier alpha value is -3.51. The lowest BCUT2D eigenvalue weighted by Gasteiger charge is -2.19. The largest absolute Gasteiger partial charge is 0.497 e. The Morgan fingerprint density at radius 3 is 2.68 bits per heavy atom. The topological polar surface area (TPSA) is 67.4 Å². The predicted molar refractivity (Wildman–Crippen MR) is 124 cm³/mol. The molecule has 2 amide bonds. The average Bonchev–Trinajstić information content (AvgIpc) is 2.79. The zero-order valence-corrected chi connectivity index (χ0v) is 18.1. The van der Waals surface area contributed by atoms with Crippen LogP contribution in [-0.4, -0.2) is 18.9 Å². The van der Waals surface area contributed by atoms with Gasteiger partial charge in [0.15, 0.2) is 0 Å². The van der Waals surface area contributed by atoms with Crippen LogP contribution in [0.5, 0.6) is 5.75 Å². The van der Waals surface area contributed by atoms with E-state index < -0.39 is 0 Å². The van der Waals surface area contributed by atoms with Crippen molar-refractivity contribution in [3.05, 3.63) is 93.9 Å². The number of nitrogens with one attached hydrogen (secondary N) is 2. The molecule has 4 rings (SSSR count). The van der Waals surface area contributed by atoms with Gasteiger partial charge in [0.05, 0.1) is 17.7 Å². The van der Waals surface area contributed by atoms with Crippen molar-refractivity contribution in [2.75, 3.05) is 12.4 Å². The summed E-state index contributed by atoms with van der Waals surface area (Å²) in [5.41, 5.74) is 4.24. The van der Waals surface area contributed by atoms with Gasteiger partial charge in [0, 0.05) is 17.0 Å². The summed E-state index contributed by atoms with van der Waals surface area (Å²) in [5.74, 6) is 0.357. The molecule has 1 heterocycles. The number of fused-ring (bicyclic) bond motifs is 1. The fraction of sp³-hybridized carbons (Fsp3) is 0.120. The van der Waals surface area contributed by atoms with Crippen LogP contribution < -0.4 is 15.4 Å². The minimum Gasteiger partial charge on any atom is -0.497 e. The summed E-state index contributed by atoms with van der Waals surface area (Å²) in [6.07, 6.45) is 1.83. The fourth-order valence-corrected chi connectivity index (χ4v) is 4.11. The van der Waals surface area contributed by atoms with Crippen LogP contribution in [0.3, 0.4) is 0 Å². The first kappa shape index (κ1) is 20.8. The number of ether oxygens (including phenoxy) is 1. The van der Waals surface area contributed by atoms with Crippen LogP contribution in [0.15, 0.2) is 76.5 Å². The number of hydrogen-bond acceptors (Lipinski definition) is 4. The van der Waals surface area contributed by atoms with Gasteiger partial charge in [-0.05, 0) is 54.5 Å². The quantitative estimate of drug-likeness (QED) is 0.558. The van der Waals surface area contributed by atoms with E-state index in [9.17, 15) is 9.59 Å². The molecule has 6 heteroatoms. The maximum Gasteiger partial charge on any atom is 0.262 e. The van der Waals surface area contributed by atoms with Gasteiger partial charge in [0.1, 0.15) is 5.75 Å². The molecule has 0 aromatic heterocycles. The Kier molecular flexibility index (Phi) is 6.09. The molecule has 3 aromatic rings. The summed E-state index contributed by atoms with van der Waals surface area (Å²) in [4.78, 5) is 26.6. The maximum atomic E-state index is 12.6. The van der Waals surface area contributed by atoms with E-state index in [1.165, 1.54) is 17.3 Å². The van der Waals surface area contributed by atoms with Crippen molar-refractivity contribution < 1.29 is 14.3 Å². The second-order valence-corrected chi connectivity index (χ2v) is 8.30. The lowest BCUT2D eigenvalue weighted by atomic mass is 10.1. The number of methoxy groups -OCH3 is 1. The van der Waals surface area contributed by atoms with E-state index >= 15 is 0 Å². The number of carbonyl (C=O) groups is 2. The Morgan fingerprint density at radius 1 is 1.10 bits per heavy atom. The normalized spacial score (nSPS) is 14.0. The van der Waals surface area contributed by atoms with Crippen molar-refractivity contribution in [3.8, 4) is 5.75 Å². The van der Waals surface area contributed by atoms with E-state index in [2.05, 4.69) is 10.6 Å². The zero-order valence-electron chi connectivity index (χ0n) is 17.3. The number of amides is 2. The van der Waals surface area contributed by atoms with Crippen molar-refractivity contribution in [3.63, 3.8) is 0 Å². The van der Waals surface area contributed by atoms with Crippen molar-refractivity contribution in [1.29, 1.82) is 0 Å². The van der Waals surface area contributed by atoms with Crippen LogP contribution in [-0.2, 0) is 11.3 Å². The lowest BCUT2D eigenvalue weighted by Crippen LogP contribution is -2.23. The van der Waals surface area contributed by atoms with E-state index in [1.807, 2.05) is 67.6 Å². The van der Waals surface area contributed by atoms with Crippen LogP contribution in [0.1, 0.15) is 27.0 Å². The third-order valence-electron chi connectivity index (χ3n) is 4.90. The molecule has 5 nitrogen and oxygen atoms in total. The molecular formula is C25H22N2O3S. The molecular weight excluding hydrogens is 408 g/mol. The fourth-order valence-electron chi connectivity index (χ4n) is 3.17. The standard InChI is InChI=1S/C25H22N2O3S/c1-16-6-8-17(9-7-16)15-26-24(28)19-10-11-22-21(14-19)27-25(29)23(31-22)13-18-4-3-5-20(12-18)30-2/h3-14H,15H2,1-2H3,(H,26,28)(H,27,29). The van der Waals surface area contributed by atoms with Crippen molar-refractivity contribution in [2.45, 2.75) is 18.4 Å². The highest BCUT2D eigenvalue weighted by Gasteiger charge is 2.22. The molecule has 0 radical (unpaired) electrons. The number of anilines is 1. The van der Waals surface area contributed by atoms with Crippen LogP contribution in [0.2, 0.25) is 0 Å². The van der Waals surface area contributed by atoms with Crippen molar-refractivity contribution in [2.24, 2.45) is 0 Å². The Morgan fingerprint density at radius 2 is 1.90 bits per heavy atom. The third-order valence-corrected chi connectivity index (χ3v) is 6.00. The van der Waals surface area contributed by atoms with Crippen LogP contribution in [0.4, 0.5) is 5.69 Å². The summed E-state index contributed by atoms with van der Waals surface area (Å²) in [6, 6.07) is 20.9. The predicted octanol–water partition coefficient (Wildman–Crippen LogP) is 5.02. The Labute approximate surface area is 185 Å². The molecule has 0 unspecified atom stereocenters. The highest BCUT2D eigenvalue weighted by molar-refractivity contribution is 8.04. The molecule has 0 spiro atoms. The van der Waals surface area contributed by atoms with E-state index in [4.69, 9.17) is 4.74 Å². The highest BCUT2D eigenvalue weighted by Crippen LogP contribution is 2.39. The van der Waals surface area contributed by atoms with Gasteiger partial charge in [0.25, 0.3) is 11.8 Å². The molecule has 0 bridgehead atoms. The molecule has 2 N–H and O–H groups in total. The molecule has 1 aliphatic rings. The number of rotatable bonds is 5. The molecule has 31 heavy (non-hydrogen) atoms. The van der Waals surface area contributed by atoms with Gasteiger partial charge in [-0.2, -0.15) is 0 Å². The van der Waals surface area contributed by atoms with E-state index in [1.54, 1.807) is 19.2 Å². The van der Waals surface area contributed by atoms with E-state index in [-0.39, 0.29) is 11.8 Å². The third kappa shape index (κ3) is 4.98. The lowest BCUT2D eigenvalue weighted by molar-refractivity contribution is -0.112. The molecule has 156 valence electrons. The zero-order chi connectivity index (χ0) is 21.8. The van der Waals surface area contributed by atoms with Crippen LogP contribution in [0.25, 0.3) is 6.08 Å². The number of thioether (sulfide) groups is 1. The molecule has 0 atom stereocenters. The van der Waals surface area contributed by atoms with Gasteiger partial charge in [-0.1, -0.05) is 53.7 Å². The monoisotopic (exact) mass is 430 g/mol. The van der Waals surface area contributed by atoms with Crippen molar-refractivity contribution in [1.82, 2.24) is 5.32 Å². The highest BCUT2D eigenvalue weighted by atomic mass is 32.2. The Balaban J connectivity index is 1.47. The van der Waals surface area contributed by atoms with Crippen LogP contribution >= 0.6 is 11.8 Å². The average molecular weight is 431 g/mol. The number of carbonyl (C=O) groups excluding carboxylic acids is 2. The first-order valence-electron chi connectivity index (χ1n) is 9.84. The number of hydrogen-bond donors (Lipinski definition) is 2. The van der Waals surface area contributed by atoms with Gasteiger partial charge >= 0.3 is 0 Å². The number of benzene rings is 3. The summed E-state index contributed by atoms with van der Waals surface area (Å²) < 4.78 is 5.24. The summed E-state index contributed by atoms with van der Waals surface area (Å²) in [7, 11) is 1.61. The van der Waals surface area contributed by atoms with Gasteiger partial charge in [0.2, 0.25) is 0 Å². The SMILES string of the molecule is COc1cccc(C=C2Sc3ccc(C(=O)NCc4ccc(C)cc4)cc3NC2=O)c1. The molecule has 1 aliphatic heterocycles. The van der Waals surface area contributed by atoms with E-state index in [0.717, 1.165) is 21.8 Å². The second-order valence-electron chi connectivity index (χ2n) is 7.22. The van der Waals surface area contributed by atoms with Gasteiger partial charge < -0.3 is 15.4 Å². The maximum absolute atomic E-state index is 12.6. The van der Waals surface area contributed by atoms with E-state index in [0.29, 0.717) is 22.7 Å². The van der Waals surface area contributed by atoms with Gasteiger partial charge in [-0.15, -0.1) is 0 Å².